The van der Waals surface area contributed by atoms with Gasteiger partial charge in [-0.05, 0) is 53.3 Å². The standard InChI is InChI=1S/C30H30F5N5O3/c1-17(2)13-38-15-21(12-36-38)20-6-9-24-23(10-20)25(32)11-29(24)27(42)40(28(43)37-29)16-26(41)39(18(3)30(33,34)35)14-19-4-7-22(31)8-5-19/h4-10,12,15,17-18,25H,11,13-14,16H2,1-3H3,(H,37,43). The topological polar surface area (TPSA) is 87.5 Å². The summed E-state index contributed by atoms with van der Waals surface area (Å²) in [6, 6.07) is 6.09. The number of carbonyl (C=O) groups is 3. The molecule has 2 aromatic carbocycles. The molecule has 13 heteroatoms. The van der Waals surface area contributed by atoms with Crippen LogP contribution < -0.4 is 5.32 Å². The number of imide groups is 1. The van der Waals surface area contributed by atoms with Crippen LogP contribution in [0.3, 0.4) is 0 Å². The molecule has 1 N–H and O–H groups in total. The van der Waals surface area contributed by atoms with E-state index < -0.39 is 67.1 Å². The van der Waals surface area contributed by atoms with Crippen molar-refractivity contribution in [2.24, 2.45) is 5.92 Å². The molecule has 3 unspecified atom stereocenters. The molecular formula is C30H30F5N5O3. The highest BCUT2D eigenvalue weighted by Gasteiger charge is 2.59. The predicted octanol–water partition coefficient (Wildman–Crippen LogP) is 5.49. The van der Waals surface area contributed by atoms with E-state index in [1.807, 2.05) is 20.0 Å². The third-order valence-corrected chi connectivity index (χ3v) is 7.85. The number of fused-ring (bicyclic) bond motifs is 2. The summed E-state index contributed by atoms with van der Waals surface area (Å²) in [5.74, 6) is -2.32. The SMILES string of the molecule is CC(C)Cn1cc(-c2ccc3c(c2)C(F)CC32NC(=O)N(CC(=O)N(Cc3ccc(F)cc3)C(C)C(F)(F)F)C2=O)cn1. The summed E-state index contributed by atoms with van der Waals surface area (Å²) in [6.45, 7) is 4.03. The minimum atomic E-state index is -4.82. The van der Waals surface area contributed by atoms with E-state index in [1.165, 1.54) is 12.1 Å². The van der Waals surface area contributed by atoms with Crippen molar-refractivity contribution >= 4 is 17.8 Å². The van der Waals surface area contributed by atoms with Gasteiger partial charge in [-0.3, -0.25) is 19.2 Å². The molecule has 2 aliphatic rings. The number of hydrogen-bond donors (Lipinski definition) is 1. The normalized spacial score (nSPS) is 20.6. The molecule has 43 heavy (non-hydrogen) atoms. The van der Waals surface area contributed by atoms with Gasteiger partial charge in [-0.25, -0.2) is 13.6 Å². The van der Waals surface area contributed by atoms with Gasteiger partial charge in [0.25, 0.3) is 5.91 Å². The van der Waals surface area contributed by atoms with E-state index in [4.69, 9.17) is 0 Å². The minimum absolute atomic E-state index is 0.194. The quantitative estimate of drug-likeness (QED) is 0.273. The van der Waals surface area contributed by atoms with Crippen molar-refractivity contribution in [2.75, 3.05) is 6.54 Å². The summed E-state index contributed by atoms with van der Waals surface area (Å²) in [4.78, 5) is 40.9. The Morgan fingerprint density at radius 3 is 2.47 bits per heavy atom. The van der Waals surface area contributed by atoms with Crippen molar-refractivity contribution in [2.45, 2.75) is 64.2 Å². The van der Waals surface area contributed by atoms with Crippen molar-refractivity contribution in [3.05, 3.63) is 77.4 Å². The summed E-state index contributed by atoms with van der Waals surface area (Å²) in [7, 11) is 0. The monoisotopic (exact) mass is 603 g/mol. The fourth-order valence-corrected chi connectivity index (χ4v) is 5.59. The maximum atomic E-state index is 15.4. The summed E-state index contributed by atoms with van der Waals surface area (Å²) < 4.78 is 71.6. The van der Waals surface area contributed by atoms with E-state index >= 15 is 4.39 Å². The lowest BCUT2D eigenvalue weighted by Crippen LogP contribution is -2.51. The van der Waals surface area contributed by atoms with E-state index in [-0.39, 0.29) is 16.7 Å². The molecule has 1 spiro atoms. The van der Waals surface area contributed by atoms with Gasteiger partial charge in [-0.15, -0.1) is 0 Å². The van der Waals surface area contributed by atoms with Crippen molar-refractivity contribution in [3.8, 4) is 11.1 Å². The Kier molecular flexibility index (Phi) is 7.78. The zero-order valence-electron chi connectivity index (χ0n) is 23.7. The van der Waals surface area contributed by atoms with E-state index in [2.05, 4.69) is 10.4 Å². The lowest BCUT2D eigenvalue weighted by Gasteiger charge is -2.32. The first kappa shape index (κ1) is 30.2. The van der Waals surface area contributed by atoms with Gasteiger partial charge in [0.15, 0.2) is 0 Å². The van der Waals surface area contributed by atoms with E-state index in [0.717, 1.165) is 24.6 Å². The molecule has 3 aromatic rings. The highest BCUT2D eigenvalue weighted by Crippen LogP contribution is 2.49. The molecule has 228 valence electrons. The second-order valence-corrected chi connectivity index (χ2v) is 11.4. The Hall–Kier alpha value is -4.29. The average Bonchev–Trinajstić information content (AvgIpc) is 3.58. The number of halogens is 5. The zero-order valence-corrected chi connectivity index (χ0v) is 23.7. The van der Waals surface area contributed by atoms with Crippen molar-refractivity contribution in [3.63, 3.8) is 0 Å². The van der Waals surface area contributed by atoms with Crippen LogP contribution in [0.15, 0.2) is 54.9 Å². The number of hydrogen-bond acceptors (Lipinski definition) is 4. The summed E-state index contributed by atoms with van der Waals surface area (Å²) >= 11 is 0. The lowest BCUT2D eigenvalue weighted by molar-refractivity contribution is -0.187. The summed E-state index contributed by atoms with van der Waals surface area (Å²) in [5.41, 5.74) is 0.234. The molecule has 1 aromatic heterocycles. The fraction of sp³-hybridized carbons (Fsp3) is 0.400. The smallest absolute Gasteiger partial charge is 0.325 e. The molecule has 1 fully saturated rings. The first-order valence-corrected chi connectivity index (χ1v) is 13.8. The maximum Gasteiger partial charge on any atom is 0.408 e. The number of benzene rings is 2. The number of nitrogens with zero attached hydrogens (tertiary/aromatic N) is 4. The minimum Gasteiger partial charge on any atom is -0.325 e. The van der Waals surface area contributed by atoms with E-state index in [0.29, 0.717) is 27.8 Å². The molecule has 1 saturated heterocycles. The molecule has 2 heterocycles. The molecule has 0 saturated carbocycles. The molecule has 1 aliphatic heterocycles. The molecule has 4 amide bonds. The van der Waals surface area contributed by atoms with Crippen LogP contribution in [-0.2, 0) is 28.2 Å². The fourth-order valence-electron chi connectivity index (χ4n) is 5.59. The van der Waals surface area contributed by atoms with Gasteiger partial charge in [0, 0.05) is 31.3 Å². The Balaban J connectivity index is 1.39. The Morgan fingerprint density at radius 2 is 1.81 bits per heavy atom. The van der Waals surface area contributed by atoms with Gasteiger partial charge in [-0.1, -0.05) is 38.1 Å². The first-order valence-electron chi connectivity index (χ1n) is 13.8. The van der Waals surface area contributed by atoms with Gasteiger partial charge in [0.2, 0.25) is 5.91 Å². The van der Waals surface area contributed by atoms with Crippen LogP contribution >= 0.6 is 0 Å². The molecule has 3 atom stereocenters. The number of urea groups is 1. The molecule has 8 nitrogen and oxygen atoms in total. The molecule has 0 bridgehead atoms. The van der Waals surface area contributed by atoms with E-state index in [1.54, 1.807) is 29.1 Å². The first-order chi connectivity index (χ1) is 20.2. The van der Waals surface area contributed by atoms with Crippen LogP contribution in [0, 0.1) is 11.7 Å². The van der Waals surface area contributed by atoms with Gasteiger partial charge in [0.05, 0.1) is 6.20 Å². The second kappa shape index (κ2) is 11.1. The maximum absolute atomic E-state index is 15.4. The zero-order chi connectivity index (χ0) is 31.3. The highest BCUT2D eigenvalue weighted by atomic mass is 19.4. The number of alkyl halides is 4. The molecular weight excluding hydrogens is 573 g/mol. The van der Waals surface area contributed by atoms with Crippen LogP contribution in [-0.4, -0.2) is 56.2 Å². The highest BCUT2D eigenvalue weighted by molar-refractivity contribution is 6.10. The van der Waals surface area contributed by atoms with Crippen LogP contribution in [0.1, 0.15) is 50.1 Å². The number of nitrogens with one attached hydrogen (secondary N) is 1. The van der Waals surface area contributed by atoms with Crippen LogP contribution in [0.2, 0.25) is 0 Å². The number of rotatable bonds is 8. The summed E-state index contributed by atoms with van der Waals surface area (Å²) in [5, 5.41) is 6.84. The lowest BCUT2D eigenvalue weighted by atomic mass is 9.90. The summed E-state index contributed by atoms with van der Waals surface area (Å²) in [6.07, 6.45) is -3.39. The average molecular weight is 604 g/mol. The third kappa shape index (κ3) is 5.72. The molecule has 5 rings (SSSR count). The molecule has 1 aliphatic carbocycles. The van der Waals surface area contributed by atoms with Gasteiger partial charge in [-0.2, -0.15) is 18.3 Å². The second-order valence-electron chi connectivity index (χ2n) is 11.4. The Labute approximate surface area is 244 Å². The predicted molar refractivity (Wildman–Crippen MR) is 145 cm³/mol. The number of amides is 4. The van der Waals surface area contributed by atoms with Crippen molar-refractivity contribution in [1.29, 1.82) is 0 Å². The van der Waals surface area contributed by atoms with Crippen LogP contribution in [0.25, 0.3) is 11.1 Å². The van der Waals surface area contributed by atoms with Crippen LogP contribution in [0.4, 0.5) is 26.7 Å². The Morgan fingerprint density at radius 1 is 1.12 bits per heavy atom. The molecule has 0 radical (unpaired) electrons. The van der Waals surface area contributed by atoms with E-state index in [9.17, 15) is 31.9 Å². The number of carbonyl (C=O) groups excluding carboxylic acids is 3. The van der Waals surface area contributed by atoms with Crippen molar-refractivity contribution < 1.29 is 36.3 Å². The van der Waals surface area contributed by atoms with Gasteiger partial charge >= 0.3 is 12.2 Å². The Bertz CT molecular complexity index is 1550. The number of aromatic nitrogens is 2. The van der Waals surface area contributed by atoms with Crippen LogP contribution in [0.5, 0.6) is 0 Å². The largest absolute Gasteiger partial charge is 0.408 e. The van der Waals surface area contributed by atoms with Gasteiger partial charge < -0.3 is 10.2 Å². The third-order valence-electron chi connectivity index (χ3n) is 7.85. The van der Waals surface area contributed by atoms with Crippen molar-refractivity contribution in [1.82, 2.24) is 24.9 Å². The van der Waals surface area contributed by atoms with Gasteiger partial charge in [0.1, 0.15) is 30.1 Å².